The molecule has 0 aromatic rings. The lowest BCUT2D eigenvalue weighted by Gasteiger charge is -2.02. The number of hydrogen-bond acceptors (Lipinski definition) is 1. The molecule has 13 heavy (non-hydrogen) atoms. The molecule has 1 N–H and O–H groups in total. The molecule has 0 atom stereocenters. The standard InChI is InChI=1S/C11H19NO/c1-3-5-7-8-10-12-11(13)9-6-4-2/h2H,3,5-10H2,1H3,(H,12,13). The fraction of sp³-hybridized carbons (Fsp3) is 0.727. The minimum atomic E-state index is 0.0782. The highest BCUT2D eigenvalue weighted by Gasteiger charge is 1.97. The van der Waals surface area contributed by atoms with Crippen LogP contribution < -0.4 is 5.32 Å². The van der Waals surface area contributed by atoms with Gasteiger partial charge in [0.2, 0.25) is 5.91 Å². The Kier molecular flexibility index (Phi) is 8.44. The highest BCUT2D eigenvalue weighted by molar-refractivity contribution is 5.76. The van der Waals surface area contributed by atoms with E-state index in [0.29, 0.717) is 12.8 Å². The number of rotatable bonds is 7. The largest absolute Gasteiger partial charge is 0.356 e. The molecule has 0 saturated heterocycles. The summed E-state index contributed by atoms with van der Waals surface area (Å²) < 4.78 is 0. The van der Waals surface area contributed by atoms with Crippen LogP contribution in [-0.2, 0) is 4.79 Å². The number of carbonyl (C=O) groups is 1. The molecule has 0 aliphatic heterocycles. The molecule has 2 heteroatoms. The Morgan fingerprint density at radius 1 is 1.38 bits per heavy atom. The van der Waals surface area contributed by atoms with E-state index in [-0.39, 0.29) is 5.91 Å². The first-order chi connectivity index (χ1) is 6.31. The molecule has 74 valence electrons. The SMILES string of the molecule is C#CCCC(=O)NCCCCCC. The number of unbranched alkanes of at least 4 members (excludes halogenated alkanes) is 3. The third-order valence-electron chi connectivity index (χ3n) is 1.85. The van der Waals surface area contributed by atoms with E-state index in [4.69, 9.17) is 6.42 Å². The molecule has 0 bridgehead atoms. The van der Waals surface area contributed by atoms with Crippen molar-refractivity contribution in [3.05, 3.63) is 0 Å². The topological polar surface area (TPSA) is 29.1 Å². The van der Waals surface area contributed by atoms with Crippen molar-refractivity contribution in [1.29, 1.82) is 0 Å². The highest BCUT2D eigenvalue weighted by Crippen LogP contribution is 1.97. The van der Waals surface area contributed by atoms with Crippen LogP contribution in [0.5, 0.6) is 0 Å². The van der Waals surface area contributed by atoms with Gasteiger partial charge in [0.25, 0.3) is 0 Å². The third-order valence-corrected chi connectivity index (χ3v) is 1.85. The molecule has 0 aliphatic rings. The summed E-state index contributed by atoms with van der Waals surface area (Å²) in [6, 6.07) is 0. The van der Waals surface area contributed by atoms with Crippen LogP contribution in [0, 0.1) is 12.3 Å². The van der Waals surface area contributed by atoms with E-state index < -0.39 is 0 Å². The minimum Gasteiger partial charge on any atom is -0.356 e. The van der Waals surface area contributed by atoms with Gasteiger partial charge in [-0.05, 0) is 6.42 Å². The molecule has 0 aromatic carbocycles. The first kappa shape index (κ1) is 12.0. The Bertz CT molecular complexity index is 169. The van der Waals surface area contributed by atoms with Gasteiger partial charge in [-0.2, -0.15) is 0 Å². The first-order valence-corrected chi connectivity index (χ1v) is 5.01. The molecular weight excluding hydrogens is 162 g/mol. The summed E-state index contributed by atoms with van der Waals surface area (Å²) in [4.78, 5) is 11.0. The van der Waals surface area contributed by atoms with E-state index in [1.165, 1.54) is 19.3 Å². The second-order valence-electron chi connectivity index (χ2n) is 3.11. The number of amides is 1. The third kappa shape index (κ3) is 8.94. The lowest BCUT2D eigenvalue weighted by molar-refractivity contribution is -0.120. The second kappa shape index (κ2) is 9.12. The molecule has 0 aromatic heterocycles. The zero-order valence-electron chi connectivity index (χ0n) is 8.44. The fourth-order valence-corrected chi connectivity index (χ4v) is 1.05. The predicted octanol–water partition coefficient (Wildman–Crippen LogP) is 2.10. The zero-order valence-corrected chi connectivity index (χ0v) is 8.44. The Morgan fingerprint density at radius 2 is 2.15 bits per heavy atom. The van der Waals surface area contributed by atoms with Gasteiger partial charge in [0, 0.05) is 19.4 Å². The maximum Gasteiger partial charge on any atom is 0.220 e. The van der Waals surface area contributed by atoms with Crippen molar-refractivity contribution in [2.24, 2.45) is 0 Å². The van der Waals surface area contributed by atoms with Gasteiger partial charge in [0.15, 0.2) is 0 Å². The Hall–Kier alpha value is -0.970. The van der Waals surface area contributed by atoms with E-state index in [1.54, 1.807) is 0 Å². The molecule has 0 unspecified atom stereocenters. The van der Waals surface area contributed by atoms with Gasteiger partial charge < -0.3 is 5.32 Å². The van der Waals surface area contributed by atoms with Gasteiger partial charge in [-0.25, -0.2) is 0 Å². The summed E-state index contributed by atoms with van der Waals surface area (Å²) in [5, 5.41) is 2.84. The molecule has 1 amide bonds. The Balaban J connectivity index is 3.13. The number of terminal acetylenes is 1. The van der Waals surface area contributed by atoms with E-state index in [0.717, 1.165) is 13.0 Å². The van der Waals surface area contributed by atoms with Gasteiger partial charge >= 0.3 is 0 Å². The molecule has 2 nitrogen and oxygen atoms in total. The number of nitrogens with one attached hydrogen (secondary N) is 1. The van der Waals surface area contributed by atoms with Gasteiger partial charge in [0.1, 0.15) is 0 Å². The molecule has 0 spiro atoms. The van der Waals surface area contributed by atoms with Crippen LogP contribution >= 0.6 is 0 Å². The molecule has 0 fully saturated rings. The maximum atomic E-state index is 11.0. The summed E-state index contributed by atoms with van der Waals surface area (Å²) >= 11 is 0. The number of carbonyl (C=O) groups excluding carboxylic acids is 1. The van der Waals surface area contributed by atoms with E-state index in [9.17, 15) is 4.79 Å². The lowest BCUT2D eigenvalue weighted by Crippen LogP contribution is -2.23. The summed E-state index contributed by atoms with van der Waals surface area (Å²) in [5.41, 5.74) is 0. The minimum absolute atomic E-state index is 0.0782. The molecule has 0 radical (unpaired) electrons. The zero-order chi connectivity index (χ0) is 9.94. The average Bonchev–Trinajstić information content (AvgIpc) is 2.14. The summed E-state index contributed by atoms with van der Waals surface area (Å²) in [7, 11) is 0. The van der Waals surface area contributed by atoms with Crippen molar-refractivity contribution in [2.75, 3.05) is 6.54 Å². The van der Waals surface area contributed by atoms with Crippen LogP contribution in [0.4, 0.5) is 0 Å². The van der Waals surface area contributed by atoms with Crippen LogP contribution in [0.2, 0.25) is 0 Å². The normalized spacial score (nSPS) is 9.23. The van der Waals surface area contributed by atoms with Crippen LogP contribution in [0.1, 0.15) is 45.4 Å². The van der Waals surface area contributed by atoms with Crippen LogP contribution in [-0.4, -0.2) is 12.5 Å². The highest BCUT2D eigenvalue weighted by atomic mass is 16.1. The summed E-state index contributed by atoms with van der Waals surface area (Å²) in [6.45, 7) is 2.97. The van der Waals surface area contributed by atoms with Crippen molar-refractivity contribution in [1.82, 2.24) is 5.32 Å². The lowest BCUT2D eigenvalue weighted by atomic mass is 10.2. The predicted molar refractivity (Wildman–Crippen MR) is 55.2 cm³/mol. The number of hydrogen-bond donors (Lipinski definition) is 1. The first-order valence-electron chi connectivity index (χ1n) is 5.01. The van der Waals surface area contributed by atoms with E-state index in [1.807, 2.05) is 0 Å². The van der Waals surface area contributed by atoms with E-state index in [2.05, 4.69) is 18.2 Å². The van der Waals surface area contributed by atoms with Crippen molar-refractivity contribution in [3.63, 3.8) is 0 Å². The van der Waals surface area contributed by atoms with Crippen molar-refractivity contribution >= 4 is 5.91 Å². The van der Waals surface area contributed by atoms with Gasteiger partial charge in [0.05, 0.1) is 0 Å². The Labute approximate surface area is 81.1 Å². The fourth-order valence-electron chi connectivity index (χ4n) is 1.05. The second-order valence-corrected chi connectivity index (χ2v) is 3.11. The van der Waals surface area contributed by atoms with Gasteiger partial charge in [-0.3, -0.25) is 4.79 Å². The van der Waals surface area contributed by atoms with Crippen molar-refractivity contribution in [3.8, 4) is 12.3 Å². The molecule has 0 aliphatic carbocycles. The Morgan fingerprint density at radius 3 is 2.77 bits per heavy atom. The summed E-state index contributed by atoms with van der Waals surface area (Å²) in [5.74, 6) is 2.53. The molecule has 0 saturated carbocycles. The average molecular weight is 181 g/mol. The van der Waals surface area contributed by atoms with Gasteiger partial charge in [-0.1, -0.05) is 26.2 Å². The van der Waals surface area contributed by atoms with Crippen molar-refractivity contribution in [2.45, 2.75) is 45.4 Å². The summed E-state index contributed by atoms with van der Waals surface area (Å²) in [6.07, 6.45) is 10.8. The van der Waals surface area contributed by atoms with Crippen LogP contribution in [0.25, 0.3) is 0 Å². The smallest absolute Gasteiger partial charge is 0.220 e. The molecule has 0 rings (SSSR count). The van der Waals surface area contributed by atoms with E-state index >= 15 is 0 Å². The maximum absolute atomic E-state index is 11.0. The quantitative estimate of drug-likeness (QED) is 0.473. The van der Waals surface area contributed by atoms with Crippen LogP contribution in [0.15, 0.2) is 0 Å². The monoisotopic (exact) mass is 181 g/mol. The van der Waals surface area contributed by atoms with Crippen LogP contribution in [0.3, 0.4) is 0 Å². The molecular formula is C11H19NO. The van der Waals surface area contributed by atoms with Crippen molar-refractivity contribution < 1.29 is 4.79 Å². The van der Waals surface area contributed by atoms with Gasteiger partial charge in [-0.15, -0.1) is 12.3 Å². The molecule has 0 heterocycles.